The highest BCUT2D eigenvalue weighted by Gasteiger charge is 2.33. The zero-order valence-corrected chi connectivity index (χ0v) is 16.9. The normalized spacial score (nSPS) is 17.1. The first-order valence-corrected chi connectivity index (χ1v) is 9.46. The molecule has 1 unspecified atom stereocenters. The Labute approximate surface area is 169 Å². The maximum atomic E-state index is 14.4. The van der Waals surface area contributed by atoms with E-state index < -0.39 is 11.9 Å². The van der Waals surface area contributed by atoms with Gasteiger partial charge in [0.15, 0.2) is 0 Å². The van der Waals surface area contributed by atoms with Gasteiger partial charge < -0.3 is 19.9 Å². The summed E-state index contributed by atoms with van der Waals surface area (Å²) in [7, 11) is 3.15. The summed E-state index contributed by atoms with van der Waals surface area (Å²) >= 11 is 0. The largest absolute Gasteiger partial charge is 0.497 e. The Morgan fingerprint density at radius 2 is 2.24 bits per heavy atom. The summed E-state index contributed by atoms with van der Waals surface area (Å²) in [6.07, 6.45) is 1.72. The molecule has 1 atom stereocenters. The quantitative estimate of drug-likeness (QED) is 0.725. The number of hydrogen-bond acceptors (Lipinski definition) is 5. The highest BCUT2D eigenvalue weighted by Crippen LogP contribution is 2.20. The molecular formula is C20H26FN5O3. The van der Waals surface area contributed by atoms with E-state index in [1.54, 1.807) is 25.4 Å². The minimum atomic E-state index is -0.654. The Bertz CT molecular complexity index is 885. The van der Waals surface area contributed by atoms with E-state index in [9.17, 15) is 14.0 Å². The molecule has 2 aromatic rings. The van der Waals surface area contributed by atoms with Gasteiger partial charge in [0.25, 0.3) is 0 Å². The Morgan fingerprint density at radius 1 is 1.45 bits per heavy atom. The number of carbonyl (C=O) groups is 2. The highest BCUT2D eigenvalue weighted by atomic mass is 19.1. The molecule has 1 fully saturated rings. The topological polar surface area (TPSA) is 90.6 Å². The van der Waals surface area contributed by atoms with E-state index in [2.05, 4.69) is 15.3 Å². The number of aromatic amines is 1. The van der Waals surface area contributed by atoms with Gasteiger partial charge in [-0.3, -0.25) is 14.5 Å². The van der Waals surface area contributed by atoms with Gasteiger partial charge in [-0.2, -0.15) is 0 Å². The molecule has 1 saturated heterocycles. The van der Waals surface area contributed by atoms with Crippen LogP contribution in [0.2, 0.25) is 0 Å². The van der Waals surface area contributed by atoms with E-state index >= 15 is 0 Å². The van der Waals surface area contributed by atoms with Crippen LogP contribution in [0.25, 0.3) is 0 Å². The van der Waals surface area contributed by atoms with Crippen molar-refractivity contribution in [2.45, 2.75) is 32.5 Å². The molecule has 0 saturated carbocycles. The molecule has 29 heavy (non-hydrogen) atoms. The number of carbonyl (C=O) groups excluding carboxylic acids is 2. The molecule has 1 aromatic heterocycles. The van der Waals surface area contributed by atoms with Crippen LogP contribution in [-0.4, -0.2) is 64.9 Å². The predicted molar refractivity (Wildman–Crippen MR) is 105 cm³/mol. The van der Waals surface area contributed by atoms with E-state index in [-0.39, 0.29) is 24.8 Å². The lowest BCUT2D eigenvalue weighted by Gasteiger charge is -2.35. The van der Waals surface area contributed by atoms with E-state index in [0.717, 1.165) is 5.69 Å². The molecule has 2 amide bonds. The van der Waals surface area contributed by atoms with Crippen LogP contribution >= 0.6 is 0 Å². The van der Waals surface area contributed by atoms with Crippen molar-refractivity contribution in [3.8, 4) is 5.75 Å². The molecule has 0 radical (unpaired) electrons. The molecule has 3 rings (SSSR count). The van der Waals surface area contributed by atoms with Crippen LogP contribution in [0.3, 0.4) is 0 Å². The molecule has 2 heterocycles. The molecule has 0 aliphatic carbocycles. The molecule has 156 valence electrons. The standard InChI is InChI=1S/C20H26FN5O3/c1-13-10-23-18(24-13)12-25(2)19(27)9-17-20(28)22-6-7-26(17)11-14-4-5-15(29-3)8-16(14)21/h4-5,8,10,17H,6-7,9,11-12H2,1-3H3,(H,22,28)(H,23,24). The van der Waals surface area contributed by atoms with Crippen LogP contribution in [-0.2, 0) is 22.7 Å². The van der Waals surface area contributed by atoms with Crippen LogP contribution in [0.4, 0.5) is 4.39 Å². The number of halogens is 1. The number of amides is 2. The molecule has 0 spiro atoms. The first-order chi connectivity index (χ1) is 13.9. The molecule has 1 aliphatic rings. The van der Waals surface area contributed by atoms with Gasteiger partial charge in [-0.05, 0) is 13.0 Å². The summed E-state index contributed by atoms with van der Waals surface area (Å²) < 4.78 is 19.4. The Morgan fingerprint density at radius 3 is 2.90 bits per heavy atom. The van der Waals surface area contributed by atoms with Crippen LogP contribution in [0.5, 0.6) is 5.75 Å². The van der Waals surface area contributed by atoms with Crippen molar-refractivity contribution in [1.82, 2.24) is 25.1 Å². The van der Waals surface area contributed by atoms with E-state index in [1.165, 1.54) is 18.1 Å². The third-order valence-corrected chi connectivity index (χ3v) is 5.01. The molecule has 0 bridgehead atoms. The molecule has 1 aliphatic heterocycles. The lowest BCUT2D eigenvalue weighted by Crippen LogP contribution is -2.56. The summed E-state index contributed by atoms with van der Waals surface area (Å²) in [6.45, 7) is 3.45. The molecule has 1 aromatic carbocycles. The second kappa shape index (κ2) is 9.04. The highest BCUT2D eigenvalue weighted by molar-refractivity contribution is 5.88. The van der Waals surface area contributed by atoms with Gasteiger partial charge in [0, 0.05) is 50.2 Å². The van der Waals surface area contributed by atoms with Gasteiger partial charge in [0.05, 0.1) is 26.1 Å². The van der Waals surface area contributed by atoms with E-state index in [1.807, 2.05) is 11.8 Å². The van der Waals surface area contributed by atoms with Crippen LogP contribution in [0.15, 0.2) is 24.4 Å². The third-order valence-electron chi connectivity index (χ3n) is 5.01. The average molecular weight is 403 g/mol. The van der Waals surface area contributed by atoms with Crippen LogP contribution < -0.4 is 10.1 Å². The van der Waals surface area contributed by atoms with Crippen molar-refractivity contribution in [2.24, 2.45) is 0 Å². The number of aromatic nitrogens is 2. The molecule has 8 nitrogen and oxygen atoms in total. The van der Waals surface area contributed by atoms with Gasteiger partial charge in [-0.25, -0.2) is 9.37 Å². The average Bonchev–Trinajstić information content (AvgIpc) is 3.10. The molecular weight excluding hydrogens is 377 g/mol. The van der Waals surface area contributed by atoms with Gasteiger partial charge in [0.1, 0.15) is 17.4 Å². The minimum Gasteiger partial charge on any atom is -0.497 e. The SMILES string of the molecule is COc1ccc(CN2CCNC(=O)C2CC(=O)N(C)Cc2ncc(C)[nH]2)c(F)c1. The lowest BCUT2D eigenvalue weighted by atomic mass is 10.1. The van der Waals surface area contributed by atoms with Crippen molar-refractivity contribution in [3.63, 3.8) is 0 Å². The summed E-state index contributed by atoms with van der Waals surface area (Å²) in [4.78, 5) is 35.8. The number of H-pyrrole nitrogens is 1. The summed E-state index contributed by atoms with van der Waals surface area (Å²) in [5.41, 5.74) is 1.37. The minimum absolute atomic E-state index is 0.0137. The summed E-state index contributed by atoms with van der Waals surface area (Å²) in [5.74, 6) is 0.320. The maximum Gasteiger partial charge on any atom is 0.237 e. The number of imidazole rings is 1. The molecule has 9 heteroatoms. The van der Waals surface area contributed by atoms with Crippen LogP contribution in [0.1, 0.15) is 23.5 Å². The first kappa shape index (κ1) is 20.8. The Kier molecular flexibility index (Phi) is 6.48. The maximum absolute atomic E-state index is 14.4. The van der Waals surface area contributed by atoms with Crippen LogP contribution in [0, 0.1) is 12.7 Å². The van der Waals surface area contributed by atoms with Gasteiger partial charge in [-0.1, -0.05) is 6.07 Å². The second-order valence-corrected chi connectivity index (χ2v) is 7.20. The first-order valence-electron chi connectivity index (χ1n) is 9.46. The summed E-state index contributed by atoms with van der Waals surface area (Å²) in [6, 6.07) is 3.99. The number of piperazine rings is 1. The fourth-order valence-corrected chi connectivity index (χ4v) is 3.36. The van der Waals surface area contributed by atoms with Gasteiger partial charge in [0.2, 0.25) is 11.8 Å². The number of nitrogens with zero attached hydrogens (tertiary/aromatic N) is 3. The number of ether oxygens (including phenoxy) is 1. The summed E-state index contributed by atoms with van der Waals surface area (Å²) in [5, 5.41) is 2.79. The monoisotopic (exact) mass is 403 g/mol. The number of benzene rings is 1. The van der Waals surface area contributed by atoms with Crippen molar-refractivity contribution >= 4 is 11.8 Å². The van der Waals surface area contributed by atoms with Crippen molar-refractivity contribution in [3.05, 3.63) is 47.3 Å². The zero-order valence-electron chi connectivity index (χ0n) is 16.9. The van der Waals surface area contributed by atoms with Crippen molar-refractivity contribution in [2.75, 3.05) is 27.2 Å². The van der Waals surface area contributed by atoms with Crippen molar-refractivity contribution in [1.29, 1.82) is 0 Å². The number of hydrogen-bond donors (Lipinski definition) is 2. The second-order valence-electron chi connectivity index (χ2n) is 7.20. The third kappa shape index (κ3) is 5.11. The van der Waals surface area contributed by atoms with Crippen molar-refractivity contribution < 1.29 is 18.7 Å². The van der Waals surface area contributed by atoms with Gasteiger partial charge >= 0.3 is 0 Å². The molecule has 2 N–H and O–H groups in total. The Balaban J connectivity index is 1.67. The number of rotatable bonds is 7. The number of methoxy groups -OCH3 is 1. The zero-order chi connectivity index (χ0) is 21.0. The fraction of sp³-hybridized carbons (Fsp3) is 0.450. The predicted octanol–water partition coefficient (Wildman–Crippen LogP) is 1.21. The number of nitrogens with one attached hydrogen (secondary N) is 2. The van der Waals surface area contributed by atoms with E-state index in [4.69, 9.17) is 4.74 Å². The van der Waals surface area contributed by atoms with Gasteiger partial charge in [-0.15, -0.1) is 0 Å². The Hall–Kier alpha value is -2.94. The lowest BCUT2D eigenvalue weighted by molar-refractivity contribution is -0.138. The number of aryl methyl sites for hydroxylation is 1. The smallest absolute Gasteiger partial charge is 0.237 e. The fourth-order valence-electron chi connectivity index (χ4n) is 3.36. The van der Waals surface area contributed by atoms with E-state index in [0.29, 0.717) is 36.8 Å².